The van der Waals surface area contributed by atoms with Crippen molar-refractivity contribution in [1.29, 1.82) is 0 Å². The molecule has 5 rings (SSSR count). The summed E-state index contributed by atoms with van der Waals surface area (Å²) in [6.07, 6.45) is 2.21. The predicted molar refractivity (Wildman–Crippen MR) is 120 cm³/mol. The Morgan fingerprint density at radius 3 is 2.03 bits per heavy atom. The molecule has 0 atom stereocenters. The molecule has 0 N–H and O–H groups in total. The Kier molecular flexibility index (Phi) is 3.99. The van der Waals surface area contributed by atoms with Crippen molar-refractivity contribution in [3.8, 4) is 22.5 Å². The highest BCUT2D eigenvalue weighted by Gasteiger charge is 2.17. The lowest BCUT2D eigenvalue weighted by Crippen LogP contribution is -1.96. The normalized spacial score (nSPS) is 11.4. The van der Waals surface area contributed by atoms with Gasteiger partial charge in [-0.1, -0.05) is 71.8 Å². The lowest BCUT2D eigenvalue weighted by Gasteiger charge is -2.15. The molecule has 3 nitrogen and oxygen atoms in total. The highest BCUT2D eigenvalue weighted by molar-refractivity contribution is 6.04. The summed E-state index contributed by atoms with van der Waals surface area (Å²) in [5, 5.41) is 11.4. The molecule has 29 heavy (non-hydrogen) atoms. The molecule has 0 aliphatic carbocycles. The predicted octanol–water partition coefficient (Wildman–Crippen LogP) is 6.45. The van der Waals surface area contributed by atoms with Crippen LogP contribution < -0.4 is 0 Å². The number of rotatable bonds is 2. The Hall–Kier alpha value is -3.46. The van der Waals surface area contributed by atoms with Gasteiger partial charge in [-0.25, -0.2) is 0 Å². The third kappa shape index (κ3) is 2.82. The molecule has 0 fully saturated rings. The monoisotopic (exact) mass is 377 g/mol. The standard InChI is InChI=1S/C26H23N3/c1-16-9-11-20(12-10-16)25-27-28-26-22-8-6-5-7-21(22)23(15-29(25)26)24-18(3)13-17(2)14-19(24)4/h5-15H,1-4H3. The zero-order valence-electron chi connectivity index (χ0n) is 17.2. The van der Waals surface area contributed by atoms with Crippen molar-refractivity contribution in [3.05, 3.63) is 89.1 Å². The van der Waals surface area contributed by atoms with E-state index in [1.807, 2.05) is 0 Å². The first-order valence-electron chi connectivity index (χ1n) is 9.94. The first kappa shape index (κ1) is 17.6. The molecular formula is C26H23N3. The van der Waals surface area contributed by atoms with Crippen LogP contribution in [0.25, 0.3) is 38.9 Å². The van der Waals surface area contributed by atoms with Gasteiger partial charge in [0.15, 0.2) is 11.5 Å². The van der Waals surface area contributed by atoms with Gasteiger partial charge in [-0.2, -0.15) is 0 Å². The molecule has 0 saturated heterocycles. The molecule has 0 bridgehead atoms. The van der Waals surface area contributed by atoms with E-state index in [0.29, 0.717) is 0 Å². The van der Waals surface area contributed by atoms with Crippen molar-refractivity contribution in [1.82, 2.24) is 14.6 Å². The number of benzene rings is 3. The Balaban J connectivity index is 1.89. The first-order valence-corrected chi connectivity index (χ1v) is 9.94. The third-order valence-corrected chi connectivity index (χ3v) is 5.67. The Bertz CT molecular complexity index is 1350. The average molecular weight is 377 g/mol. The zero-order chi connectivity index (χ0) is 20.1. The second-order valence-corrected chi connectivity index (χ2v) is 7.95. The number of fused-ring (bicyclic) bond motifs is 3. The molecule has 0 unspecified atom stereocenters. The van der Waals surface area contributed by atoms with Gasteiger partial charge in [0.25, 0.3) is 0 Å². The minimum Gasteiger partial charge on any atom is -0.281 e. The fourth-order valence-electron chi connectivity index (χ4n) is 4.41. The number of hydrogen-bond donors (Lipinski definition) is 0. The lowest BCUT2D eigenvalue weighted by atomic mass is 9.92. The van der Waals surface area contributed by atoms with Gasteiger partial charge < -0.3 is 0 Å². The molecule has 2 heterocycles. The van der Waals surface area contributed by atoms with Gasteiger partial charge in [0.2, 0.25) is 0 Å². The summed E-state index contributed by atoms with van der Waals surface area (Å²) in [4.78, 5) is 0. The largest absolute Gasteiger partial charge is 0.281 e. The molecule has 0 aliphatic heterocycles. The average Bonchev–Trinajstić information content (AvgIpc) is 3.12. The SMILES string of the molecule is Cc1ccc(-c2nnc3c4ccccc4c(-c4c(C)cc(C)cc4C)cn23)cc1. The van der Waals surface area contributed by atoms with Crippen LogP contribution in [0.2, 0.25) is 0 Å². The van der Waals surface area contributed by atoms with E-state index in [1.165, 1.54) is 38.8 Å². The van der Waals surface area contributed by atoms with E-state index in [9.17, 15) is 0 Å². The second-order valence-electron chi connectivity index (χ2n) is 7.95. The van der Waals surface area contributed by atoms with Gasteiger partial charge in [-0.05, 0) is 49.8 Å². The van der Waals surface area contributed by atoms with Crippen LogP contribution in [-0.2, 0) is 0 Å². The van der Waals surface area contributed by atoms with Crippen molar-refractivity contribution >= 4 is 16.4 Å². The second kappa shape index (κ2) is 6.56. The maximum Gasteiger partial charge on any atom is 0.169 e. The minimum atomic E-state index is 0.870. The van der Waals surface area contributed by atoms with Crippen molar-refractivity contribution in [3.63, 3.8) is 0 Å². The smallest absolute Gasteiger partial charge is 0.169 e. The van der Waals surface area contributed by atoms with Crippen molar-refractivity contribution < 1.29 is 0 Å². The summed E-state index contributed by atoms with van der Waals surface area (Å²) in [6, 6.07) is 21.5. The van der Waals surface area contributed by atoms with Crippen LogP contribution >= 0.6 is 0 Å². The van der Waals surface area contributed by atoms with Crippen LogP contribution in [0.1, 0.15) is 22.3 Å². The summed E-state index contributed by atoms with van der Waals surface area (Å²) in [6.45, 7) is 8.64. The molecule has 3 aromatic carbocycles. The quantitative estimate of drug-likeness (QED) is 0.354. The summed E-state index contributed by atoms with van der Waals surface area (Å²) in [7, 11) is 0. The molecule has 0 spiro atoms. The highest BCUT2D eigenvalue weighted by Crippen LogP contribution is 2.36. The van der Waals surface area contributed by atoms with E-state index in [1.54, 1.807) is 0 Å². The summed E-state index contributed by atoms with van der Waals surface area (Å²) < 4.78 is 2.14. The summed E-state index contributed by atoms with van der Waals surface area (Å²) in [5.74, 6) is 0.870. The van der Waals surface area contributed by atoms with Crippen LogP contribution in [0, 0.1) is 27.7 Å². The number of pyridine rings is 1. The fraction of sp³-hybridized carbons (Fsp3) is 0.154. The topological polar surface area (TPSA) is 30.2 Å². The highest BCUT2D eigenvalue weighted by atomic mass is 15.2. The fourth-order valence-corrected chi connectivity index (χ4v) is 4.41. The summed E-state index contributed by atoms with van der Waals surface area (Å²) >= 11 is 0. The van der Waals surface area contributed by atoms with Gasteiger partial charge in [0, 0.05) is 22.7 Å². The van der Waals surface area contributed by atoms with Gasteiger partial charge >= 0.3 is 0 Å². The molecule has 2 aromatic heterocycles. The Morgan fingerprint density at radius 2 is 1.34 bits per heavy atom. The molecule has 0 saturated carbocycles. The van der Waals surface area contributed by atoms with Crippen molar-refractivity contribution in [2.75, 3.05) is 0 Å². The number of hydrogen-bond acceptors (Lipinski definition) is 2. The van der Waals surface area contributed by atoms with Gasteiger partial charge in [-0.3, -0.25) is 4.40 Å². The van der Waals surface area contributed by atoms with E-state index < -0.39 is 0 Å². The van der Waals surface area contributed by atoms with Gasteiger partial charge in [0.05, 0.1) is 0 Å². The molecule has 0 radical (unpaired) electrons. The van der Waals surface area contributed by atoms with E-state index in [4.69, 9.17) is 0 Å². The van der Waals surface area contributed by atoms with Gasteiger partial charge in [0.1, 0.15) is 0 Å². The summed E-state index contributed by atoms with van der Waals surface area (Å²) in [5.41, 5.74) is 9.57. The van der Waals surface area contributed by atoms with Crippen LogP contribution in [0.4, 0.5) is 0 Å². The lowest BCUT2D eigenvalue weighted by molar-refractivity contribution is 1.11. The van der Waals surface area contributed by atoms with Crippen LogP contribution in [0.15, 0.2) is 66.9 Å². The molecule has 3 heteroatoms. The molecule has 142 valence electrons. The molecular weight excluding hydrogens is 354 g/mol. The van der Waals surface area contributed by atoms with E-state index in [2.05, 4.69) is 109 Å². The maximum atomic E-state index is 4.55. The Labute approximate surface area is 170 Å². The third-order valence-electron chi connectivity index (χ3n) is 5.67. The number of nitrogens with zero attached hydrogens (tertiary/aromatic N) is 3. The number of aryl methyl sites for hydroxylation is 4. The van der Waals surface area contributed by atoms with E-state index in [0.717, 1.165) is 22.4 Å². The van der Waals surface area contributed by atoms with Crippen LogP contribution in [0.5, 0.6) is 0 Å². The molecule has 0 amide bonds. The Morgan fingerprint density at radius 1 is 0.690 bits per heavy atom. The molecule has 5 aromatic rings. The molecule has 0 aliphatic rings. The minimum absolute atomic E-state index is 0.870. The number of aromatic nitrogens is 3. The van der Waals surface area contributed by atoms with Crippen LogP contribution in [-0.4, -0.2) is 14.6 Å². The van der Waals surface area contributed by atoms with E-state index in [-0.39, 0.29) is 0 Å². The first-order chi connectivity index (χ1) is 14.0. The van der Waals surface area contributed by atoms with E-state index >= 15 is 0 Å². The van der Waals surface area contributed by atoms with Crippen LogP contribution in [0.3, 0.4) is 0 Å². The zero-order valence-corrected chi connectivity index (χ0v) is 17.2. The van der Waals surface area contributed by atoms with Crippen molar-refractivity contribution in [2.24, 2.45) is 0 Å². The van der Waals surface area contributed by atoms with Crippen molar-refractivity contribution in [2.45, 2.75) is 27.7 Å². The van der Waals surface area contributed by atoms with Gasteiger partial charge in [-0.15, -0.1) is 10.2 Å². The maximum absolute atomic E-state index is 4.55.